The minimum atomic E-state index is -0.824. The minimum Gasteiger partial charge on any atom is -0.507 e. The van der Waals surface area contributed by atoms with Crippen LogP contribution in [0.1, 0.15) is 37.9 Å². The zero-order chi connectivity index (χ0) is 24.2. The van der Waals surface area contributed by atoms with Gasteiger partial charge < -0.3 is 14.6 Å². The van der Waals surface area contributed by atoms with Gasteiger partial charge in [0.2, 0.25) is 0 Å². The molecule has 4 rings (SSSR count). The molecular formula is C27H26N2O5. The van der Waals surface area contributed by atoms with E-state index >= 15 is 0 Å². The number of ketones is 1. The van der Waals surface area contributed by atoms with Gasteiger partial charge in [0.15, 0.2) is 0 Å². The van der Waals surface area contributed by atoms with Gasteiger partial charge in [-0.25, -0.2) is 0 Å². The normalized spacial score (nSPS) is 17.3. The molecule has 1 saturated heterocycles. The van der Waals surface area contributed by atoms with E-state index in [-0.39, 0.29) is 17.4 Å². The highest BCUT2D eigenvalue weighted by molar-refractivity contribution is 6.51. The third-order valence-electron chi connectivity index (χ3n) is 5.37. The van der Waals surface area contributed by atoms with Crippen molar-refractivity contribution in [2.75, 3.05) is 11.5 Å². The van der Waals surface area contributed by atoms with Crippen LogP contribution in [0.4, 0.5) is 5.69 Å². The molecule has 0 radical (unpaired) electrons. The average molecular weight is 459 g/mol. The molecular weight excluding hydrogens is 432 g/mol. The predicted molar refractivity (Wildman–Crippen MR) is 129 cm³/mol. The van der Waals surface area contributed by atoms with E-state index in [9.17, 15) is 14.7 Å². The molecule has 1 aliphatic heterocycles. The molecule has 0 bridgehead atoms. The van der Waals surface area contributed by atoms with Crippen molar-refractivity contribution in [1.82, 2.24) is 4.98 Å². The van der Waals surface area contributed by atoms with Crippen LogP contribution in [0.25, 0.3) is 5.76 Å². The van der Waals surface area contributed by atoms with Crippen LogP contribution in [-0.4, -0.2) is 34.5 Å². The van der Waals surface area contributed by atoms with E-state index in [1.165, 1.54) is 4.90 Å². The van der Waals surface area contributed by atoms with Gasteiger partial charge in [0.25, 0.3) is 11.7 Å². The third kappa shape index (κ3) is 4.50. The molecule has 1 amide bonds. The first-order valence-electron chi connectivity index (χ1n) is 11.1. The molecule has 3 aromatic rings. The van der Waals surface area contributed by atoms with Crippen LogP contribution in [0.2, 0.25) is 0 Å². The van der Waals surface area contributed by atoms with Crippen molar-refractivity contribution in [3.63, 3.8) is 0 Å². The van der Waals surface area contributed by atoms with Gasteiger partial charge in [0.1, 0.15) is 17.3 Å². The van der Waals surface area contributed by atoms with Crippen LogP contribution in [0.3, 0.4) is 0 Å². The average Bonchev–Trinajstić information content (AvgIpc) is 3.10. The van der Waals surface area contributed by atoms with Gasteiger partial charge >= 0.3 is 0 Å². The smallest absolute Gasteiger partial charge is 0.300 e. The molecule has 0 aliphatic carbocycles. The quantitative estimate of drug-likeness (QED) is 0.308. The molecule has 1 aliphatic rings. The molecule has 2 aromatic carbocycles. The summed E-state index contributed by atoms with van der Waals surface area (Å²) in [6.45, 7) is 6.20. The van der Waals surface area contributed by atoms with Crippen LogP contribution in [-0.2, 0) is 9.59 Å². The fourth-order valence-electron chi connectivity index (χ4n) is 3.97. The highest BCUT2D eigenvalue weighted by atomic mass is 16.5. The van der Waals surface area contributed by atoms with E-state index < -0.39 is 17.7 Å². The van der Waals surface area contributed by atoms with Crippen LogP contribution < -0.4 is 14.4 Å². The van der Waals surface area contributed by atoms with Gasteiger partial charge in [-0.2, -0.15) is 0 Å². The number of pyridine rings is 1. The Morgan fingerprint density at radius 2 is 1.74 bits per heavy atom. The number of aliphatic hydroxyl groups is 1. The molecule has 174 valence electrons. The summed E-state index contributed by atoms with van der Waals surface area (Å²) in [5.41, 5.74) is 1.57. The number of aromatic nitrogens is 1. The Morgan fingerprint density at radius 3 is 2.38 bits per heavy atom. The Kier molecular flexibility index (Phi) is 6.63. The first-order chi connectivity index (χ1) is 16.4. The van der Waals surface area contributed by atoms with Crippen LogP contribution in [0.5, 0.6) is 11.5 Å². The van der Waals surface area contributed by atoms with Crippen LogP contribution in [0.15, 0.2) is 78.6 Å². The number of hydrogen-bond acceptors (Lipinski definition) is 6. The molecule has 1 unspecified atom stereocenters. The first-order valence-corrected chi connectivity index (χ1v) is 11.1. The lowest BCUT2D eigenvalue weighted by Crippen LogP contribution is -2.29. The molecule has 1 atom stereocenters. The fraction of sp³-hybridized carbons (Fsp3) is 0.222. The third-order valence-corrected chi connectivity index (χ3v) is 5.37. The van der Waals surface area contributed by atoms with E-state index in [0.29, 0.717) is 34.9 Å². The number of amides is 1. The largest absolute Gasteiger partial charge is 0.507 e. The summed E-state index contributed by atoms with van der Waals surface area (Å²) in [4.78, 5) is 31.9. The number of nitrogens with zero attached hydrogens (tertiary/aromatic N) is 2. The molecule has 7 heteroatoms. The van der Waals surface area contributed by atoms with Crippen LogP contribution in [0, 0.1) is 0 Å². The van der Waals surface area contributed by atoms with Gasteiger partial charge in [0.05, 0.1) is 24.3 Å². The number of rotatable bonds is 7. The maximum Gasteiger partial charge on any atom is 0.300 e. The number of benzene rings is 2. The lowest BCUT2D eigenvalue weighted by atomic mass is 9.95. The Balaban J connectivity index is 1.85. The summed E-state index contributed by atoms with van der Waals surface area (Å²) < 4.78 is 11.2. The lowest BCUT2D eigenvalue weighted by molar-refractivity contribution is -0.132. The Morgan fingerprint density at radius 1 is 1.03 bits per heavy atom. The fourth-order valence-corrected chi connectivity index (χ4v) is 3.97. The zero-order valence-corrected chi connectivity index (χ0v) is 19.3. The number of Topliss-reactive ketones (excluding diaryl/α,β-unsaturated/α-hetero) is 1. The Labute approximate surface area is 198 Å². The molecule has 34 heavy (non-hydrogen) atoms. The van der Waals surface area contributed by atoms with E-state index in [2.05, 4.69) is 4.98 Å². The number of carbonyl (C=O) groups excluding carboxylic acids is 2. The molecule has 0 saturated carbocycles. The predicted octanol–water partition coefficient (Wildman–Crippen LogP) is 4.89. The Hall–Kier alpha value is -4.13. The molecule has 1 N–H and O–H groups in total. The molecule has 7 nitrogen and oxygen atoms in total. The standard InChI is InChI=1S/C27H26N2O5/c1-4-33-21-10-8-20(9-11-21)29-24(18-12-14-28-15-13-18)23(26(31)27(29)32)25(30)19-6-5-7-22(16-19)34-17(2)3/h5-17,24,30H,4H2,1-3H3/b25-23-. The maximum atomic E-state index is 13.2. The van der Waals surface area contributed by atoms with Crippen LogP contribution >= 0.6 is 0 Å². The number of aliphatic hydroxyl groups excluding tert-OH is 1. The van der Waals surface area contributed by atoms with Crippen molar-refractivity contribution in [3.05, 3.63) is 89.8 Å². The van der Waals surface area contributed by atoms with E-state index in [1.807, 2.05) is 20.8 Å². The van der Waals surface area contributed by atoms with Crippen molar-refractivity contribution in [3.8, 4) is 11.5 Å². The number of anilines is 1. The van der Waals surface area contributed by atoms with Gasteiger partial charge in [0, 0.05) is 23.6 Å². The summed E-state index contributed by atoms with van der Waals surface area (Å²) in [7, 11) is 0. The van der Waals surface area contributed by atoms with E-state index in [1.54, 1.807) is 73.1 Å². The molecule has 2 heterocycles. The van der Waals surface area contributed by atoms with Crippen molar-refractivity contribution in [2.45, 2.75) is 32.9 Å². The van der Waals surface area contributed by atoms with E-state index in [0.717, 1.165) is 0 Å². The number of ether oxygens (including phenoxy) is 2. The van der Waals surface area contributed by atoms with Crippen molar-refractivity contribution in [2.24, 2.45) is 0 Å². The number of hydrogen-bond donors (Lipinski definition) is 1. The summed E-state index contributed by atoms with van der Waals surface area (Å²) in [5.74, 6) is -0.529. The zero-order valence-electron chi connectivity index (χ0n) is 19.3. The first kappa shape index (κ1) is 23.0. The van der Waals surface area contributed by atoms with Crippen molar-refractivity contribution >= 4 is 23.1 Å². The number of carbonyl (C=O) groups is 2. The highest BCUT2D eigenvalue weighted by Gasteiger charge is 2.47. The summed E-state index contributed by atoms with van der Waals surface area (Å²) in [5, 5.41) is 11.3. The SMILES string of the molecule is CCOc1ccc(N2C(=O)C(=O)/C(=C(\O)c3cccc(OC(C)C)c3)C2c2ccncc2)cc1. The summed E-state index contributed by atoms with van der Waals surface area (Å²) in [6, 6.07) is 16.4. The molecule has 0 spiro atoms. The second-order valence-corrected chi connectivity index (χ2v) is 8.07. The molecule has 1 fully saturated rings. The van der Waals surface area contributed by atoms with E-state index in [4.69, 9.17) is 9.47 Å². The summed E-state index contributed by atoms with van der Waals surface area (Å²) in [6.07, 6.45) is 3.12. The topological polar surface area (TPSA) is 89.0 Å². The minimum absolute atomic E-state index is 0.00628. The summed E-state index contributed by atoms with van der Waals surface area (Å²) >= 11 is 0. The van der Waals surface area contributed by atoms with Gasteiger partial charge in [-0.15, -0.1) is 0 Å². The Bertz CT molecular complexity index is 1220. The lowest BCUT2D eigenvalue weighted by Gasteiger charge is -2.25. The maximum absolute atomic E-state index is 13.2. The van der Waals surface area contributed by atoms with Gasteiger partial charge in [-0.3, -0.25) is 19.5 Å². The molecule has 1 aromatic heterocycles. The van der Waals surface area contributed by atoms with Gasteiger partial charge in [-0.1, -0.05) is 12.1 Å². The van der Waals surface area contributed by atoms with Gasteiger partial charge in [-0.05, 0) is 74.9 Å². The monoisotopic (exact) mass is 458 g/mol. The highest BCUT2D eigenvalue weighted by Crippen LogP contribution is 2.42. The second kappa shape index (κ2) is 9.79. The van der Waals surface area contributed by atoms with Crippen molar-refractivity contribution in [1.29, 1.82) is 0 Å². The second-order valence-electron chi connectivity index (χ2n) is 8.07. The van der Waals surface area contributed by atoms with Crippen molar-refractivity contribution < 1.29 is 24.2 Å².